The van der Waals surface area contributed by atoms with Crippen molar-refractivity contribution in [2.24, 2.45) is 5.92 Å². The van der Waals surface area contributed by atoms with Crippen molar-refractivity contribution in [2.75, 3.05) is 0 Å². The van der Waals surface area contributed by atoms with Crippen LogP contribution in [0.5, 0.6) is 0 Å². The van der Waals surface area contributed by atoms with Gasteiger partial charge < -0.3 is 0 Å². The molecule has 0 amide bonds. The Balaban J connectivity index is 1.25. The number of hydrogen-bond donors (Lipinski definition) is 0. The lowest BCUT2D eigenvalue weighted by molar-refractivity contribution is 0.297. The van der Waals surface area contributed by atoms with Crippen molar-refractivity contribution in [3.05, 3.63) is 118 Å². The zero-order valence-corrected chi connectivity index (χ0v) is 21.9. The Morgan fingerprint density at radius 3 is 2.08 bits per heavy atom. The van der Waals surface area contributed by atoms with Crippen molar-refractivity contribution in [3.63, 3.8) is 0 Å². The molecule has 36 heavy (non-hydrogen) atoms. The highest BCUT2D eigenvalue weighted by Crippen LogP contribution is 2.39. The molecule has 190 valence electrons. The second kappa shape index (κ2) is 13.0. The Bertz CT molecular complexity index is 1080. The van der Waals surface area contributed by atoms with E-state index in [9.17, 15) is 8.78 Å². The van der Waals surface area contributed by atoms with E-state index in [4.69, 9.17) is 0 Å². The van der Waals surface area contributed by atoms with Crippen molar-refractivity contribution in [1.29, 1.82) is 0 Å². The van der Waals surface area contributed by atoms with Crippen molar-refractivity contribution < 1.29 is 8.78 Å². The fourth-order valence-corrected chi connectivity index (χ4v) is 5.83. The van der Waals surface area contributed by atoms with Crippen molar-refractivity contribution in [2.45, 2.75) is 83.5 Å². The van der Waals surface area contributed by atoms with Gasteiger partial charge in [-0.05, 0) is 117 Å². The summed E-state index contributed by atoms with van der Waals surface area (Å²) in [7, 11) is 0. The van der Waals surface area contributed by atoms with Crippen molar-refractivity contribution in [3.8, 4) is 0 Å². The Kier molecular flexibility index (Phi) is 9.50. The molecule has 3 aromatic rings. The summed E-state index contributed by atoms with van der Waals surface area (Å²) < 4.78 is 28.9. The van der Waals surface area contributed by atoms with Gasteiger partial charge in [0.05, 0.1) is 0 Å². The van der Waals surface area contributed by atoms with E-state index in [2.05, 4.69) is 61.5 Å². The van der Waals surface area contributed by atoms with Crippen LogP contribution in [0.4, 0.5) is 8.78 Å². The molecule has 1 aliphatic rings. The first-order chi connectivity index (χ1) is 17.5. The zero-order valence-electron chi connectivity index (χ0n) is 21.9. The van der Waals surface area contributed by atoms with Gasteiger partial charge in [-0.15, -0.1) is 0 Å². The molecule has 0 radical (unpaired) electrons. The van der Waals surface area contributed by atoms with E-state index in [1.54, 1.807) is 0 Å². The number of halogens is 2. The molecule has 0 unspecified atom stereocenters. The maximum absolute atomic E-state index is 14.4. The molecular weight excluding hydrogens is 446 g/mol. The van der Waals surface area contributed by atoms with Crippen LogP contribution >= 0.6 is 0 Å². The number of benzene rings is 3. The topological polar surface area (TPSA) is 0 Å². The third-order valence-corrected chi connectivity index (χ3v) is 8.05. The summed E-state index contributed by atoms with van der Waals surface area (Å²) in [6.45, 7) is 4.28. The van der Waals surface area contributed by atoms with Gasteiger partial charge in [-0.2, -0.15) is 0 Å². The van der Waals surface area contributed by atoms with Gasteiger partial charge in [0.2, 0.25) is 0 Å². The highest BCUT2D eigenvalue weighted by molar-refractivity contribution is 5.30. The van der Waals surface area contributed by atoms with E-state index >= 15 is 0 Å². The van der Waals surface area contributed by atoms with Crippen molar-refractivity contribution >= 4 is 0 Å². The molecule has 1 atom stereocenters. The van der Waals surface area contributed by atoms with E-state index < -0.39 is 11.6 Å². The normalized spacial score (nSPS) is 19.0. The van der Waals surface area contributed by atoms with Crippen LogP contribution in [0, 0.1) is 17.6 Å². The zero-order chi connectivity index (χ0) is 25.3. The van der Waals surface area contributed by atoms with Crippen molar-refractivity contribution in [1.82, 2.24) is 0 Å². The fourth-order valence-electron chi connectivity index (χ4n) is 5.83. The summed E-state index contributed by atoms with van der Waals surface area (Å²) in [5.41, 5.74) is 5.05. The molecular formula is C34H40F2. The maximum atomic E-state index is 14.4. The molecule has 0 aromatic heterocycles. The van der Waals surface area contributed by atoms with E-state index in [0.717, 1.165) is 17.9 Å². The van der Waals surface area contributed by atoms with Gasteiger partial charge in [-0.25, -0.2) is 8.78 Å². The molecule has 0 N–H and O–H groups in total. The van der Waals surface area contributed by atoms with E-state index in [1.807, 2.05) is 19.1 Å². The summed E-state index contributed by atoms with van der Waals surface area (Å²) in [6.07, 6.45) is 12.8. The molecule has 0 bridgehead atoms. The number of rotatable bonds is 10. The first-order valence-corrected chi connectivity index (χ1v) is 13.7. The first kappa shape index (κ1) is 26.3. The molecule has 1 fully saturated rings. The monoisotopic (exact) mass is 486 g/mol. The second-order valence-electron chi connectivity index (χ2n) is 10.7. The van der Waals surface area contributed by atoms with Gasteiger partial charge in [-0.3, -0.25) is 0 Å². The predicted molar refractivity (Wildman–Crippen MR) is 148 cm³/mol. The molecule has 4 rings (SSSR count). The molecule has 2 heteroatoms. The third kappa shape index (κ3) is 7.15. The molecule has 0 heterocycles. The molecule has 1 saturated carbocycles. The highest BCUT2D eigenvalue weighted by Gasteiger charge is 2.24. The highest BCUT2D eigenvalue weighted by atomic mass is 19.1. The Morgan fingerprint density at radius 1 is 0.806 bits per heavy atom. The Labute approximate surface area is 216 Å². The SMILES string of the molecule is C/C=C/CCc1c(F)cc(CCc2ccc(C3CCC(C[C@@H](C)c4ccccc4)CC3)cc2)cc1F. The van der Waals surface area contributed by atoms with Crippen LogP contribution in [0.3, 0.4) is 0 Å². The van der Waals surface area contributed by atoms with Crippen LogP contribution in [0.1, 0.15) is 92.0 Å². The van der Waals surface area contributed by atoms with Gasteiger partial charge >= 0.3 is 0 Å². The van der Waals surface area contributed by atoms with E-state index in [0.29, 0.717) is 31.1 Å². The van der Waals surface area contributed by atoms with Crippen LogP contribution in [-0.4, -0.2) is 0 Å². The third-order valence-electron chi connectivity index (χ3n) is 8.05. The van der Waals surface area contributed by atoms with E-state index in [-0.39, 0.29) is 5.56 Å². The lowest BCUT2D eigenvalue weighted by atomic mass is 9.75. The summed E-state index contributed by atoms with van der Waals surface area (Å²) in [4.78, 5) is 0. The summed E-state index contributed by atoms with van der Waals surface area (Å²) in [5, 5.41) is 0. The Morgan fingerprint density at radius 2 is 1.44 bits per heavy atom. The average molecular weight is 487 g/mol. The standard InChI is InChI=1S/C34H40F2/c1-3-4-6-11-32-33(35)23-28(24-34(32)36)13-12-26-14-18-30(19-15-26)31-20-16-27(17-21-31)22-25(2)29-9-7-5-8-10-29/h3-5,7-10,14-15,18-19,23-25,27,31H,6,11-13,16-17,20-22H2,1-2H3/b4-3+/t25-,27?,31?/m1/s1. The second-order valence-corrected chi connectivity index (χ2v) is 10.7. The van der Waals surface area contributed by atoms with Gasteiger partial charge in [0.25, 0.3) is 0 Å². The number of aryl methyl sites for hydroxylation is 2. The molecule has 0 spiro atoms. The van der Waals surface area contributed by atoms with Crippen LogP contribution in [-0.2, 0) is 19.3 Å². The molecule has 0 saturated heterocycles. The largest absolute Gasteiger partial charge is 0.207 e. The van der Waals surface area contributed by atoms with Crippen LogP contribution < -0.4 is 0 Å². The minimum Gasteiger partial charge on any atom is -0.207 e. The fraction of sp³-hybridized carbons (Fsp3) is 0.412. The minimum absolute atomic E-state index is 0.199. The minimum atomic E-state index is -0.418. The lowest BCUT2D eigenvalue weighted by Crippen LogP contribution is -2.15. The smallest absolute Gasteiger partial charge is 0.129 e. The summed E-state index contributed by atoms with van der Waals surface area (Å²) >= 11 is 0. The van der Waals surface area contributed by atoms with Crippen LogP contribution in [0.25, 0.3) is 0 Å². The maximum Gasteiger partial charge on any atom is 0.129 e. The quantitative estimate of drug-likeness (QED) is 0.250. The van der Waals surface area contributed by atoms with E-state index in [1.165, 1.54) is 60.9 Å². The predicted octanol–water partition coefficient (Wildman–Crippen LogP) is 9.73. The molecule has 0 nitrogen and oxygen atoms in total. The first-order valence-electron chi connectivity index (χ1n) is 13.7. The van der Waals surface area contributed by atoms with Gasteiger partial charge in [-0.1, -0.05) is 73.7 Å². The number of hydrogen-bond acceptors (Lipinski definition) is 0. The molecule has 3 aromatic carbocycles. The Hall–Kier alpha value is -2.74. The molecule has 1 aliphatic carbocycles. The summed E-state index contributed by atoms with van der Waals surface area (Å²) in [6, 6.07) is 22.9. The summed E-state index contributed by atoms with van der Waals surface area (Å²) in [5.74, 6) is 1.27. The van der Waals surface area contributed by atoms with Crippen LogP contribution in [0.2, 0.25) is 0 Å². The van der Waals surface area contributed by atoms with Gasteiger partial charge in [0, 0.05) is 5.56 Å². The van der Waals surface area contributed by atoms with Gasteiger partial charge in [0.15, 0.2) is 0 Å². The van der Waals surface area contributed by atoms with Crippen LogP contribution in [0.15, 0.2) is 78.9 Å². The van der Waals surface area contributed by atoms with Gasteiger partial charge in [0.1, 0.15) is 11.6 Å². The lowest BCUT2D eigenvalue weighted by Gasteiger charge is -2.30. The average Bonchev–Trinajstić information content (AvgIpc) is 2.90. The number of allylic oxidation sites excluding steroid dienone is 2. The molecule has 0 aliphatic heterocycles.